The maximum Gasteiger partial charge on any atom is 0.0903 e. The largest absolute Gasteiger partial charge is 0.388 e. The lowest BCUT2D eigenvalue weighted by Crippen LogP contribution is -2.08. The average molecular weight is 271 g/mol. The predicted octanol–water partition coefficient (Wildman–Crippen LogP) is 1.53. The molecule has 3 heterocycles. The maximum absolute atomic E-state index is 10.5. The zero-order chi connectivity index (χ0) is 14.1. The van der Waals surface area contributed by atoms with Crippen LogP contribution in [0.4, 0.5) is 0 Å². The van der Waals surface area contributed by atoms with Gasteiger partial charge >= 0.3 is 0 Å². The second-order valence-electron chi connectivity index (χ2n) is 4.82. The molecular weight excluding hydrogens is 254 g/mol. The monoisotopic (exact) mass is 271 g/mol. The summed E-state index contributed by atoms with van der Waals surface area (Å²) in [5.74, 6) is 0. The van der Waals surface area contributed by atoms with Gasteiger partial charge < -0.3 is 5.11 Å². The first-order valence-corrected chi connectivity index (χ1v) is 6.67. The molecule has 1 N–H and O–H groups in total. The first-order valence-electron chi connectivity index (χ1n) is 6.67. The molecule has 3 rings (SSSR count). The molecule has 3 aromatic rings. The summed E-state index contributed by atoms with van der Waals surface area (Å²) in [4.78, 5) is 4.08. The zero-order valence-electron chi connectivity index (χ0n) is 11.6. The quantitative estimate of drug-likeness (QED) is 0.781. The molecule has 0 amide bonds. The van der Waals surface area contributed by atoms with Gasteiger partial charge in [0, 0.05) is 36.6 Å². The number of nitrogens with zero attached hydrogens (tertiary/aromatic N) is 5. The molecule has 6 heteroatoms. The number of hydrogen-bond donors (Lipinski definition) is 1. The number of aliphatic hydroxyl groups is 1. The SMILES string of the molecule is CCn1nc(C)cc1CC(O)c1cnn2ccncc12. The summed E-state index contributed by atoms with van der Waals surface area (Å²) in [6, 6.07) is 2.01. The summed E-state index contributed by atoms with van der Waals surface area (Å²) in [5, 5.41) is 19.1. The Morgan fingerprint density at radius 1 is 1.35 bits per heavy atom. The van der Waals surface area contributed by atoms with Gasteiger partial charge in [0.05, 0.1) is 29.7 Å². The van der Waals surface area contributed by atoms with Gasteiger partial charge in [-0.05, 0) is 19.9 Å². The lowest BCUT2D eigenvalue weighted by molar-refractivity contribution is 0.177. The van der Waals surface area contributed by atoms with E-state index in [2.05, 4.69) is 15.2 Å². The van der Waals surface area contributed by atoms with Crippen LogP contribution in [0.2, 0.25) is 0 Å². The Morgan fingerprint density at radius 2 is 2.20 bits per heavy atom. The molecule has 20 heavy (non-hydrogen) atoms. The smallest absolute Gasteiger partial charge is 0.0903 e. The molecule has 0 saturated carbocycles. The van der Waals surface area contributed by atoms with Gasteiger partial charge in [0.2, 0.25) is 0 Å². The summed E-state index contributed by atoms with van der Waals surface area (Å²) < 4.78 is 3.64. The van der Waals surface area contributed by atoms with E-state index >= 15 is 0 Å². The van der Waals surface area contributed by atoms with Gasteiger partial charge in [-0.15, -0.1) is 0 Å². The molecule has 3 aromatic heterocycles. The van der Waals surface area contributed by atoms with Crippen LogP contribution >= 0.6 is 0 Å². The molecule has 0 saturated heterocycles. The normalized spacial score (nSPS) is 12.9. The second kappa shape index (κ2) is 5.05. The van der Waals surface area contributed by atoms with Crippen LogP contribution in [0.15, 0.2) is 30.9 Å². The van der Waals surface area contributed by atoms with Crippen LogP contribution < -0.4 is 0 Å². The molecular formula is C14H17N5O. The van der Waals surface area contributed by atoms with E-state index in [-0.39, 0.29) is 0 Å². The van der Waals surface area contributed by atoms with Crippen LogP contribution in [0, 0.1) is 6.92 Å². The molecule has 0 aliphatic carbocycles. The number of aliphatic hydroxyl groups excluding tert-OH is 1. The molecule has 0 aliphatic rings. The Labute approximate surface area is 116 Å². The van der Waals surface area contributed by atoms with Gasteiger partial charge in [0.25, 0.3) is 0 Å². The van der Waals surface area contributed by atoms with Crippen molar-refractivity contribution in [3.05, 3.63) is 47.8 Å². The van der Waals surface area contributed by atoms with Crippen molar-refractivity contribution in [3.63, 3.8) is 0 Å². The van der Waals surface area contributed by atoms with Crippen molar-refractivity contribution in [3.8, 4) is 0 Å². The van der Waals surface area contributed by atoms with E-state index in [0.717, 1.165) is 29.0 Å². The molecule has 0 spiro atoms. The van der Waals surface area contributed by atoms with Crippen molar-refractivity contribution in [1.29, 1.82) is 0 Å². The van der Waals surface area contributed by atoms with Crippen LogP contribution in [0.3, 0.4) is 0 Å². The van der Waals surface area contributed by atoms with Crippen molar-refractivity contribution in [2.45, 2.75) is 32.9 Å². The highest BCUT2D eigenvalue weighted by Crippen LogP contribution is 2.22. The molecule has 1 unspecified atom stereocenters. The van der Waals surface area contributed by atoms with Gasteiger partial charge in [0.1, 0.15) is 0 Å². The topological polar surface area (TPSA) is 68.2 Å². The summed E-state index contributed by atoms with van der Waals surface area (Å²) in [5.41, 5.74) is 3.62. The minimum atomic E-state index is -0.613. The van der Waals surface area contributed by atoms with Crippen molar-refractivity contribution in [2.24, 2.45) is 0 Å². The Bertz CT molecular complexity index is 730. The summed E-state index contributed by atoms with van der Waals surface area (Å²) in [6.07, 6.45) is 6.76. The molecule has 1 atom stereocenters. The van der Waals surface area contributed by atoms with Crippen molar-refractivity contribution in [1.82, 2.24) is 24.4 Å². The van der Waals surface area contributed by atoms with E-state index in [1.165, 1.54) is 0 Å². The highest BCUT2D eigenvalue weighted by atomic mass is 16.3. The minimum Gasteiger partial charge on any atom is -0.388 e. The van der Waals surface area contributed by atoms with Crippen LogP contribution in [0.1, 0.15) is 30.0 Å². The van der Waals surface area contributed by atoms with Crippen LogP contribution in [-0.2, 0) is 13.0 Å². The van der Waals surface area contributed by atoms with E-state index in [1.807, 2.05) is 24.6 Å². The summed E-state index contributed by atoms with van der Waals surface area (Å²) in [6.45, 7) is 4.80. The lowest BCUT2D eigenvalue weighted by atomic mass is 10.1. The predicted molar refractivity (Wildman–Crippen MR) is 74.3 cm³/mol. The van der Waals surface area contributed by atoms with E-state index in [0.29, 0.717) is 6.42 Å². The van der Waals surface area contributed by atoms with E-state index < -0.39 is 6.10 Å². The Morgan fingerprint density at radius 3 is 3.00 bits per heavy atom. The fraction of sp³-hybridized carbons (Fsp3) is 0.357. The third-order valence-electron chi connectivity index (χ3n) is 3.40. The number of hydrogen-bond acceptors (Lipinski definition) is 4. The van der Waals surface area contributed by atoms with Gasteiger partial charge in [0.15, 0.2) is 0 Å². The standard InChI is InChI=1S/C14H17N5O/c1-3-18-11(6-10(2)17-18)7-14(20)12-8-16-19-5-4-15-9-13(12)19/h4-6,8-9,14,20H,3,7H2,1-2H3. The fourth-order valence-corrected chi connectivity index (χ4v) is 2.45. The van der Waals surface area contributed by atoms with Crippen LogP contribution in [0.25, 0.3) is 5.52 Å². The fourth-order valence-electron chi connectivity index (χ4n) is 2.45. The summed E-state index contributed by atoms with van der Waals surface area (Å²) in [7, 11) is 0. The van der Waals surface area contributed by atoms with Gasteiger partial charge in [-0.25, -0.2) is 4.52 Å². The minimum absolute atomic E-state index is 0.519. The molecule has 0 radical (unpaired) electrons. The molecule has 0 fully saturated rings. The second-order valence-corrected chi connectivity index (χ2v) is 4.82. The first-order chi connectivity index (χ1) is 9.69. The van der Waals surface area contributed by atoms with Crippen molar-refractivity contribution < 1.29 is 5.11 Å². The van der Waals surface area contributed by atoms with Crippen LogP contribution in [0.5, 0.6) is 0 Å². The highest BCUT2D eigenvalue weighted by molar-refractivity contribution is 5.52. The van der Waals surface area contributed by atoms with Crippen molar-refractivity contribution in [2.75, 3.05) is 0 Å². The van der Waals surface area contributed by atoms with E-state index in [1.54, 1.807) is 29.3 Å². The number of aryl methyl sites for hydroxylation is 2. The lowest BCUT2D eigenvalue weighted by Gasteiger charge is -2.10. The Kier molecular flexibility index (Phi) is 3.23. The molecule has 0 bridgehead atoms. The number of rotatable bonds is 4. The average Bonchev–Trinajstić information content (AvgIpc) is 3.02. The molecule has 0 aliphatic heterocycles. The maximum atomic E-state index is 10.5. The first kappa shape index (κ1) is 12.8. The highest BCUT2D eigenvalue weighted by Gasteiger charge is 2.16. The van der Waals surface area contributed by atoms with Crippen LogP contribution in [-0.4, -0.2) is 29.5 Å². The van der Waals surface area contributed by atoms with E-state index in [9.17, 15) is 5.11 Å². The number of aromatic nitrogens is 5. The third-order valence-corrected chi connectivity index (χ3v) is 3.40. The van der Waals surface area contributed by atoms with Crippen molar-refractivity contribution >= 4 is 5.52 Å². The Hall–Kier alpha value is -2.21. The van der Waals surface area contributed by atoms with E-state index in [4.69, 9.17) is 0 Å². The zero-order valence-corrected chi connectivity index (χ0v) is 11.6. The van der Waals surface area contributed by atoms with Gasteiger partial charge in [-0.3, -0.25) is 9.67 Å². The Balaban J connectivity index is 1.91. The molecule has 0 aromatic carbocycles. The number of fused-ring (bicyclic) bond motifs is 1. The van der Waals surface area contributed by atoms with Gasteiger partial charge in [-0.2, -0.15) is 10.2 Å². The summed E-state index contributed by atoms with van der Waals surface area (Å²) >= 11 is 0. The molecule has 104 valence electrons. The van der Waals surface area contributed by atoms with Gasteiger partial charge in [-0.1, -0.05) is 0 Å². The third kappa shape index (κ3) is 2.18. The molecule has 6 nitrogen and oxygen atoms in total.